The lowest BCUT2D eigenvalue weighted by Gasteiger charge is -2.28. The summed E-state index contributed by atoms with van der Waals surface area (Å²) in [5.74, 6) is -0.376. The second-order valence-corrected chi connectivity index (χ2v) is 8.45. The minimum absolute atomic E-state index is 0.0889. The fourth-order valence-electron chi connectivity index (χ4n) is 4.63. The number of aryl methyl sites for hydroxylation is 1. The van der Waals surface area contributed by atoms with Crippen molar-refractivity contribution in [3.8, 4) is 5.69 Å². The molecule has 7 nitrogen and oxygen atoms in total. The zero-order valence-electron chi connectivity index (χ0n) is 19.0. The van der Waals surface area contributed by atoms with Crippen molar-refractivity contribution in [3.05, 3.63) is 82.9 Å². The third kappa shape index (κ3) is 4.24. The smallest absolute Gasteiger partial charge is 0.339 e. The molecule has 2 aromatic heterocycles. The summed E-state index contributed by atoms with van der Waals surface area (Å²) in [7, 11) is 1.39. The van der Waals surface area contributed by atoms with E-state index in [9.17, 15) is 9.90 Å². The molecule has 0 aliphatic carbocycles. The van der Waals surface area contributed by atoms with Crippen LogP contribution in [0.1, 0.15) is 51.5 Å². The zero-order chi connectivity index (χ0) is 23.5. The normalized spacial score (nSPS) is 17.8. The first-order valence-corrected chi connectivity index (χ1v) is 11.3. The molecule has 1 saturated heterocycles. The molecule has 0 amide bonds. The number of pyridine rings is 1. The number of aliphatic hydroxyl groups is 1. The summed E-state index contributed by atoms with van der Waals surface area (Å²) in [5, 5.41) is 13.5. The van der Waals surface area contributed by atoms with E-state index in [1.807, 2.05) is 43.3 Å². The summed E-state index contributed by atoms with van der Waals surface area (Å²) < 4.78 is 7.10. The van der Waals surface area contributed by atoms with Crippen molar-refractivity contribution in [1.29, 1.82) is 0 Å². The van der Waals surface area contributed by atoms with E-state index >= 15 is 0 Å². The Morgan fingerprint density at radius 3 is 2.67 bits per heavy atom. The Balaban J connectivity index is 1.85. The minimum Gasteiger partial charge on any atom is -0.465 e. The second-order valence-electron chi connectivity index (χ2n) is 8.07. The van der Waals surface area contributed by atoms with Gasteiger partial charge in [0.2, 0.25) is 0 Å². The lowest BCUT2D eigenvalue weighted by Crippen LogP contribution is -2.31. The third-order valence-corrected chi connectivity index (χ3v) is 6.45. The van der Waals surface area contributed by atoms with E-state index in [4.69, 9.17) is 17.0 Å². The number of hydrogen-bond acceptors (Lipinski definition) is 5. The van der Waals surface area contributed by atoms with E-state index in [0.717, 1.165) is 28.3 Å². The van der Waals surface area contributed by atoms with Gasteiger partial charge in [0.05, 0.1) is 36.1 Å². The monoisotopic (exact) mass is 464 g/mol. The Kier molecular flexibility index (Phi) is 6.76. The molecule has 172 valence electrons. The maximum atomic E-state index is 12.4. The number of hydrogen-bond donors (Lipinski definition) is 2. The Morgan fingerprint density at radius 1 is 1.21 bits per heavy atom. The highest BCUT2D eigenvalue weighted by atomic mass is 32.1. The van der Waals surface area contributed by atoms with E-state index < -0.39 is 0 Å². The first-order valence-electron chi connectivity index (χ1n) is 10.9. The van der Waals surface area contributed by atoms with E-state index in [2.05, 4.69) is 32.8 Å². The maximum absolute atomic E-state index is 12.4. The lowest BCUT2D eigenvalue weighted by atomic mass is 9.96. The molecule has 1 fully saturated rings. The summed E-state index contributed by atoms with van der Waals surface area (Å²) in [4.78, 5) is 19.2. The van der Waals surface area contributed by atoms with Crippen molar-refractivity contribution >= 4 is 23.3 Å². The molecule has 4 rings (SSSR count). The Bertz CT molecular complexity index is 1160. The fraction of sp³-hybridized carbons (Fsp3) is 0.320. The van der Waals surface area contributed by atoms with Crippen molar-refractivity contribution in [1.82, 2.24) is 19.8 Å². The molecule has 0 bridgehead atoms. The summed E-state index contributed by atoms with van der Waals surface area (Å²) in [5.41, 5.74) is 5.28. The number of methoxy groups -OCH3 is 1. The SMILES string of the molecule is COC(=O)c1ccccc1-n1c(C)cc(C2C(c3ccccn3)NC(=S)N2CCCO)c1C. The fourth-order valence-corrected chi connectivity index (χ4v) is 4.97. The highest BCUT2D eigenvalue weighted by Crippen LogP contribution is 2.41. The number of aromatic nitrogens is 2. The van der Waals surface area contributed by atoms with Gasteiger partial charge in [0.25, 0.3) is 0 Å². The molecule has 1 aliphatic rings. The average molecular weight is 465 g/mol. The minimum atomic E-state index is -0.376. The van der Waals surface area contributed by atoms with Crippen LogP contribution in [0.15, 0.2) is 54.7 Å². The first-order chi connectivity index (χ1) is 16.0. The second kappa shape index (κ2) is 9.72. The number of ether oxygens (including phenoxy) is 1. The molecule has 1 aliphatic heterocycles. The van der Waals surface area contributed by atoms with Gasteiger partial charge in [-0.2, -0.15) is 0 Å². The molecule has 2 N–H and O–H groups in total. The molecule has 8 heteroatoms. The van der Waals surface area contributed by atoms with Gasteiger partial charge in [0, 0.05) is 30.7 Å². The van der Waals surface area contributed by atoms with Crippen LogP contribution in [0.4, 0.5) is 0 Å². The third-order valence-electron chi connectivity index (χ3n) is 6.09. The van der Waals surface area contributed by atoms with E-state index in [1.54, 1.807) is 12.3 Å². The number of esters is 1. The van der Waals surface area contributed by atoms with E-state index in [1.165, 1.54) is 7.11 Å². The molecule has 1 aromatic carbocycles. The van der Waals surface area contributed by atoms with Gasteiger partial charge in [-0.05, 0) is 68.4 Å². The van der Waals surface area contributed by atoms with Gasteiger partial charge in [0.15, 0.2) is 5.11 Å². The summed E-state index contributed by atoms with van der Waals surface area (Å²) >= 11 is 5.69. The number of carbonyl (C=O) groups is 1. The van der Waals surface area contributed by atoms with Gasteiger partial charge in [-0.25, -0.2) is 4.79 Å². The largest absolute Gasteiger partial charge is 0.465 e. The highest BCUT2D eigenvalue weighted by molar-refractivity contribution is 7.80. The molecular weight excluding hydrogens is 436 g/mol. The molecule has 0 spiro atoms. The van der Waals surface area contributed by atoms with Crippen molar-refractivity contribution in [2.75, 3.05) is 20.3 Å². The quantitative estimate of drug-likeness (QED) is 0.408. The van der Waals surface area contributed by atoms with Crippen LogP contribution in [0.25, 0.3) is 5.69 Å². The van der Waals surface area contributed by atoms with E-state index in [0.29, 0.717) is 23.6 Å². The van der Waals surface area contributed by atoms with Crippen LogP contribution >= 0.6 is 12.2 Å². The molecular formula is C25H28N4O3S. The molecule has 0 radical (unpaired) electrons. The molecule has 2 atom stereocenters. The molecule has 2 unspecified atom stereocenters. The number of rotatable bonds is 7. The zero-order valence-corrected chi connectivity index (χ0v) is 19.8. The number of thiocarbonyl (C=S) groups is 1. The number of para-hydroxylation sites is 1. The van der Waals surface area contributed by atoms with Crippen molar-refractivity contribution in [2.24, 2.45) is 0 Å². The van der Waals surface area contributed by atoms with Crippen LogP contribution in [-0.4, -0.2) is 50.9 Å². The number of benzene rings is 1. The average Bonchev–Trinajstić information content (AvgIpc) is 3.32. The number of aliphatic hydroxyl groups excluding tert-OH is 1. The van der Waals surface area contributed by atoms with Crippen molar-refractivity contribution in [2.45, 2.75) is 32.4 Å². The summed E-state index contributed by atoms with van der Waals surface area (Å²) in [6.07, 6.45) is 2.39. The number of nitrogens with zero attached hydrogens (tertiary/aromatic N) is 3. The first kappa shape index (κ1) is 22.9. The van der Waals surface area contributed by atoms with Gasteiger partial charge in [0.1, 0.15) is 0 Å². The van der Waals surface area contributed by atoms with Crippen LogP contribution in [0.5, 0.6) is 0 Å². The van der Waals surface area contributed by atoms with Gasteiger partial charge in [-0.1, -0.05) is 18.2 Å². The van der Waals surface area contributed by atoms with Gasteiger partial charge in [-0.3, -0.25) is 4.98 Å². The predicted molar refractivity (Wildman–Crippen MR) is 130 cm³/mol. The Hall–Kier alpha value is -3.23. The topological polar surface area (TPSA) is 79.6 Å². The standard InChI is InChI=1S/C25H28N4O3S/c1-16-15-19(17(2)29(16)21-11-5-4-9-18(21)24(31)32-3)23-22(20-10-6-7-12-26-20)27-25(33)28(23)13-8-14-30/h4-7,9-12,15,22-23,30H,8,13-14H2,1-3H3,(H,27,33). The van der Waals surface area contributed by atoms with Crippen LogP contribution in [0.3, 0.4) is 0 Å². The molecule has 0 saturated carbocycles. The van der Waals surface area contributed by atoms with Gasteiger partial charge in [-0.15, -0.1) is 0 Å². The molecule has 3 aromatic rings. The lowest BCUT2D eigenvalue weighted by molar-refractivity contribution is 0.0600. The van der Waals surface area contributed by atoms with Crippen LogP contribution in [0.2, 0.25) is 0 Å². The van der Waals surface area contributed by atoms with Crippen LogP contribution < -0.4 is 5.32 Å². The summed E-state index contributed by atoms with van der Waals surface area (Å²) in [6.45, 7) is 4.79. The van der Waals surface area contributed by atoms with Crippen LogP contribution in [0, 0.1) is 13.8 Å². The highest BCUT2D eigenvalue weighted by Gasteiger charge is 2.41. The molecule has 3 heterocycles. The Labute approximate surface area is 199 Å². The van der Waals surface area contributed by atoms with Gasteiger partial charge >= 0.3 is 5.97 Å². The number of carbonyl (C=O) groups excluding carboxylic acids is 1. The number of nitrogens with one attached hydrogen (secondary N) is 1. The van der Waals surface area contributed by atoms with Crippen molar-refractivity contribution < 1.29 is 14.6 Å². The van der Waals surface area contributed by atoms with Gasteiger partial charge < -0.3 is 24.6 Å². The summed E-state index contributed by atoms with van der Waals surface area (Å²) in [6, 6.07) is 15.2. The maximum Gasteiger partial charge on any atom is 0.339 e. The molecule has 33 heavy (non-hydrogen) atoms. The van der Waals surface area contributed by atoms with Crippen LogP contribution in [-0.2, 0) is 4.74 Å². The van der Waals surface area contributed by atoms with E-state index in [-0.39, 0.29) is 24.7 Å². The van der Waals surface area contributed by atoms with Crippen molar-refractivity contribution in [3.63, 3.8) is 0 Å². The Morgan fingerprint density at radius 2 is 1.97 bits per heavy atom. The predicted octanol–water partition coefficient (Wildman–Crippen LogP) is 3.63.